The average molecular weight is 372 g/mol. The van der Waals surface area contributed by atoms with Gasteiger partial charge in [0.1, 0.15) is 0 Å². The first kappa shape index (κ1) is 18.4. The van der Waals surface area contributed by atoms with Crippen LogP contribution in [0.3, 0.4) is 0 Å². The summed E-state index contributed by atoms with van der Waals surface area (Å²) in [6.45, 7) is 5.07. The van der Waals surface area contributed by atoms with Crippen LogP contribution < -0.4 is 0 Å². The Hall–Kier alpha value is -2.93. The zero-order valence-corrected chi connectivity index (χ0v) is 16.2. The van der Waals surface area contributed by atoms with Crippen LogP contribution in [0.5, 0.6) is 0 Å². The minimum absolute atomic E-state index is 0.0239. The van der Waals surface area contributed by atoms with E-state index in [0.717, 1.165) is 23.2 Å². The van der Waals surface area contributed by atoms with E-state index in [2.05, 4.69) is 31.0 Å². The number of nitrogens with zero attached hydrogens (tertiary/aromatic N) is 2. The maximum Gasteiger partial charge on any atom is 0.309 e. The zero-order chi connectivity index (χ0) is 19.7. The number of benzene rings is 1. The smallest absolute Gasteiger partial charge is 0.309 e. The molecule has 1 aromatic carbocycles. The highest BCUT2D eigenvalue weighted by atomic mass is 16.5. The van der Waals surface area contributed by atoms with Crippen molar-refractivity contribution in [2.24, 2.45) is 29.6 Å². The van der Waals surface area contributed by atoms with Gasteiger partial charge in [-0.05, 0) is 42.4 Å². The molecule has 0 radical (unpaired) electrons. The first-order chi connectivity index (χ1) is 13.6. The fraction of sp³-hybridized carbons (Fsp3) is 0.375. The topological polar surface area (TPSA) is 63.0 Å². The standard InChI is InChI=1S/C24H24N2O2/c1-15-11-19-14-28-24(27)23(19)21(16(15)2)10-9-20-8-7-18(13-26-20)22-6-4-3-5-17(22)12-25/h3-10,13,15-16,19,21,23H,11,14H2,1-2H3/b10-9+/t15?,16-,19+,21?,23-/m1/s1. The Morgan fingerprint density at radius 3 is 2.79 bits per heavy atom. The van der Waals surface area contributed by atoms with Crippen molar-refractivity contribution in [3.05, 3.63) is 59.9 Å². The molecule has 0 spiro atoms. The third-order valence-electron chi connectivity index (χ3n) is 6.45. The van der Waals surface area contributed by atoms with Crippen LogP contribution in [-0.4, -0.2) is 17.6 Å². The van der Waals surface area contributed by atoms with E-state index in [1.807, 2.05) is 42.5 Å². The second kappa shape index (κ2) is 7.59. The van der Waals surface area contributed by atoms with E-state index in [4.69, 9.17) is 4.74 Å². The first-order valence-electron chi connectivity index (χ1n) is 9.89. The third-order valence-corrected chi connectivity index (χ3v) is 6.45. The Bertz CT molecular complexity index is 942. The maximum absolute atomic E-state index is 12.2. The van der Waals surface area contributed by atoms with Gasteiger partial charge in [0.05, 0.1) is 29.9 Å². The van der Waals surface area contributed by atoms with Gasteiger partial charge < -0.3 is 4.74 Å². The van der Waals surface area contributed by atoms with Crippen LogP contribution in [0.1, 0.15) is 31.5 Å². The molecule has 1 aliphatic heterocycles. The molecular formula is C24H24N2O2. The van der Waals surface area contributed by atoms with Crippen molar-refractivity contribution in [2.75, 3.05) is 6.61 Å². The molecule has 4 rings (SSSR count). The number of cyclic esters (lactones) is 1. The fourth-order valence-electron chi connectivity index (χ4n) is 4.67. The second-order valence-electron chi connectivity index (χ2n) is 8.05. The van der Waals surface area contributed by atoms with Crippen LogP contribution in [0.15, 0.2) is 48.7 Å². The predicted molar refractivity (Wildman–Crippen MR) is 108 cm³/mol. The zero-order valence-electron chi connectivity index (χ0n) is 16.2. The molecule has 1 aromatic heterocycles. The van der Waals surface area contributed by atoms with Gasteiger partial charge in [0, 0.05) is 23.2 Å². The molecule has 2 unspecified atom stereocenters. The molecule has 4 nitrogen and oxygen atoms in total. The van der Waals surface area contributed by atoms with E-state index in [-0.39, 0.29) is 17.8 Å². The lowest BCUT2D eigenvalue weighted by Crippen LogP contribution is -2.38. The number of nitriles is 1. The highest BCUT2D eigenvalue weighted by molar-refractivity contribution is 5.76. The summed E-state index contributed by atoms with van der Waals surface area (Å²) in [5.41, 5.74) is 3.31. The largest absolute Gasteiger partial charge is 0.465 e. The van der Waals surface area contributed by atoms with E-state index < -0.39 is 0 Å². The number of hydrogen-bond acceptors (Lipinski definition) is 4. The quantitative estimate of drug-likeness (QED) is 0.732. The van der Waals surface area contributed by atoms with Gasteiger partial charge >= 0.3 is 5.97 Å². The average Bonchev–Trinajstić information content (AvgIpc) is 3.09. The Labute approximate surface area is 165 Å². The van der Waals surface area contributed by atoms with Crippen LogP contribution in [0, 0.1) is 40.9 Å². The van der Waals surface area contributed by atoms with Crippen molar-refractivity contribution >= 4 is 12.0 Å². The van der Waals surface area contributed by atoms with E-state index in [1.54, 1.807) is 6.20 Å². The third kappa shape index (κ3) is 3.33. The molecule has 5 atom stereocenters. The molecule has 1 saturated heterocycles. The second-order valence-corrected chi connectivity index (χ2v) is 8.05. The van der Waals surface area contributed by atoms with Crippen molar-refractivity contribution in [3.8, 4) is 17.2 Å². The van der Waals surface area contributed by atoms with Crippen molar-refractivity contribution < 1.29 is 9.53 Å². The number of rotatable bonds is 3. The summed E-state index contributed by atoms with van der Waals surface area (Å²) in [5, 5.41) is 9.29. The van der Waals surface area contributed by atoms with Gasteiger partial charge in [-0.1, -0.05) is 44.2 Å². The SMILES string of the molecule is CC1C[C@H]2COC(=O)[C@H]2C(/C=C/c2ccc(-c3ccccc3C#N)cn2)[C@@H]1C. The van der Waals surface area contributed by atoms with Crippen molar-refractivity contribution in [2.45, 2.75) is 20.3 Å². The molecule has 1 saturated carbocycles. The lowest BCUT2D eigenvalue weighted by molar-refractivity contribution is -0.143. The van der Waals surface area contributed by atoms with Crippen LogP contribution in [-0.2, 0) is 9.53 Å². The fourth-order valence-corrected chi connectivity index (χ4v) is 4.67. The highest BCUT2D eigenvalue weighted by Gasteiger charge is 2.48. The minimum atomic E-state index is -0.0465. The molecule has 1 aliphatic carbocycles. The molecule has 2 aromatic rings. The first-order valence-corrected chi connectivity index (χ1v) is 9.89. The number of hydrogen-bond donors (Lipinski definition) is 0. The van der Waals surface area contributed by atoms with Crippen LogP contribution in [0.4, 0.5) is 0 Å². The molecule has 2 heterocycles. The molecular weight excluding hydrogens is 348 g/mol. The molecule has 0 amide bonds. The van der Waals surface area contributed by atoms with Crippen molar-refractivity contribution in [1.82, 2.24) is 4.98 Å². The number of allylic oxidation sites excluding steroid dienone is 1. The summed E-state index contributed by atoms with van der Waals surface area (Å²) < 4.78 is 5.35. The normalized spacial score (nSPS) is 29.3. The summed E-state index contributed by atoms with van der Waals surface area (Å²) in [4.78, 5) is 16.8. The van der Waals surface area contributed by atoms with E-state index >= 15 is 0 Å². The lowest BCUT2D eigenvalue weighted by Gasteiger charge is -2.38. The number of carbonyl (C=O) groups is 1. The number of esters is 1. The summed E-state index contributed by atoms with van der Waals surface area (Å²) in [6, 6.07) is 13.7. The number of ether oxygens (including phenoxy) is 1. The molecule has 2 fully saturated rings. The van der Waals surface area contributed by atoms with Crippen LogP contribution in [0.25, 0.3) is 17.2 Å². The maximum atomic E-state index is 12.2. The summed E-state index contributed by atoms with van der Waals surface area (Å²) in [7, 11) is 0. The lowest BCUT2D eigenvalue weighted by atomic mass is 9.64. The number of pyridine rings is 1. The number of aromatic nitrogens is 1. The summed E-state index contributed by atoms with van der Waals surface area (Å²) in [5.74, 6) is 1.46. The molecule has 142 valence electrons. The van der Waals surface area contributed by atoms with Gasteiger partial charge in [0.25, 0.3) is 0 Å². The Morgan fingerprint density at radius 1 is 1.21 bits per heavy atom. The summed E-state index contributed by atoms with van der Waals surface area (Å²) in [6.07, 6.45) is 7.03. The van der Waals surface area contributed by atoms with Crippen molar-refractivity contribution in [1.29, 1.82) is 5.26 Å². The Morgan fingerprint density at radius 2 is 2.04 bits per heavy atom. The van der Waals surface area contributed by atoms with Gasteiger partial charge in [-0.25, -0.2) is 0 Å². The monoisotopic (exact) mass is 372 g/mol. The molecule has 0 bridgehead atoms. The van der Waals surface area contributed by atoms with Crippen LogP contribution in [0.2, 0.25) is 0 Å². The summed E-state index contributed by atoms with van der Waals surface area (Å²) >= 11 is 0. The molecule has 4 heteroatoms. The number of fused-ring (bicyclic) bond motifs is 1. The van der Waals surface area contributed by atoms with Gasteiger partial charge in [-0.15, -0.1) is 0 Å². The Kier molecular flexibility index (Phi) is 5.00. The van der Waals surface area contributed by atoms with E-state index in [9.17, 15) is 10.1 Å². The van der Waals surface area contributed by atoms with E-state index in [1.165, 1.54) is 0 Å². The van der Waals surface area contributed by atoms with Crippen LogP contribution >= 0.6 is 0 Å². The van der Waals surface area contributed by atoms with Gasteiger partial charge in [0.15, 0.2) is 0 Å². The minimum Gasteiger partial charge on any atom is -0.465 e. The van der Waals surface area contributed by atoms with Gasteiger partial charge in [-0.3, -0.25) is 9.78 Å². The Balaban J connectivity index is 1.56. The molecule has 0 N–H and O–H groups in total. The molecule has 28 heavy (non-hydrogen) atoms. The van der Waals surface area contributed by atoms with Crippen molar-refractivity contribution in [3.63, 3.8) is 0 Å². The highest BCUT2D eigenvalue weighted by Crippen LogP contribution is 2.46. The van der Waals surface area contributed by atoms with Gasteiger partial charge in [0.2, 0.25) is 0 Å². The van der Waals surface area contributed by atoms with E-state index in [0.29, 0.717) is 29.9 Å². The predicted octanol–water partition coefficient (Wildman–Crippen LogP) is 4.71. The molecule has 2 aliphatic rings. The van der Waals surface area contributed by atoms with Gasteiger partial charge in [-0.2, -0.15) is 5.26 Å². The number of carbonyl (C=O) groups excluding carboxylic acids is 1.